The van der Waals surface area contributed by atoms with Gasteiger partial charge in [0.25, 0.3) is 0 Å². The van der Waals surface area contributed by atoms with Gasteiger partial charge in [0.15, 0.2) is 0 Å². The standard InChI is InChI=1S/C23H45N3O3/c1-19(2)29-18-14-9-7-5-4-6-8-13-17-24-22(27)16-12-10-11-15-21-20(3)25-23(28)26-21/h19-21H,4-18H2,1-3H3,(H,24,27)(H2,25,26,28). The maximum Gasteiger partial charge on any atom is 0.315 e. The lowest BCUT2D eigenvalue weighted by atomic mass is 10.0. The van der Waals surface area contributed by atoms with Gasteiger partial charge in [0.05, 0.1) is 12.1 Å². The molecule has 0 aliphatic carbocycles. The lowest BCUT2D eigenvalue weighted by Crippen LogP contribution is -2.30. The van der Waals surface area contributed by atoms with E-state index in [0.717, 1.165) is 45.3 Å². The van der Waals surface area contributed by atoms with E-state index in [9.17, 15) is 9.59 Å². The molecule has 6 heteroatoms. The summed E-state index contributed by atoms with van der Waals surface area (Å²) in [6.07, 6.45) is 14.9. The highest BCUT2D eigenvalue weighted by Gasteiger charge is 2.26. The van der Waals surface area contributed by atoms with Crippen molar-refractivity contribution in [2.24, 2.45) is 0 Å². The van der Waals surface area contributed by atoms with E-state index >= 15 is 0 Å². The molecule has 2 unspecified atom stereocenters. The summed E-state index contributed by atoms with van der Waals surface area (Å²) in [6, 6.07) is 0.374. The molecule has 29 heavy (non-hydrogen) atoms. The molecule has 0 aromatic heterocycles. The van der Waals surface area contributed by atoms with Crippen molar-refractivity contribution in [2.45, 2.75) is 122 Å². The molecule has 0 radical (unpaired) electrons. The molecular formula is C23H45N3O3. The van der Waals surface area contributed by atoms with Crippen molar-refractivity contribution in [2.75, 3.05) is 13.2 Å². The molecule has 1 fully saturated rings. The molecular weight excluding hydrogens is 366 g/mol. The molecule has 2 atom stereocenters. The second kappa shape index (κ2) is 16.5. The van der Waals surface area contributed by atoms with Crippen molar-refractivity contribution >= 4 is 11.9 Å². The largest absolute Gasteiger partial charge is 0.379 e. The van der Waals surface area contributed by atoms with Crippen molar-refractivity contribution < 1.29 is 14.3 Å². The highest BCUT2D eigenvalue weighted by Crippen LogP contribution is 2.12. The Kier molecular flexibility index (Phi) is 14.6. The van der Waals surface area contributed by atoms with E-state index in [0.29, 0.717) is 12.5 Å². The average molecular weight is 412 g/mol. The molecule has 0 aromatic carbocycles. The predicted molar refractivity (Wildman–Crippen MR) is 119 cm³/mol. The van der Waals surface area contributed by atoms with Crippen molar-refractivity contribution in [3.05, 3.63) is 0 Å². The molecule has 1 rings (SSSR count). The summed E-state index contributed by atoms with van der Waals surface area (Å²) in [5.41, 5.74) is 0. The zero-order chi connectivity index (χ0) is 21.3. The normalized spacial score (nSPS) is 18.7. The van der Waals surface area contributed by atoms with Crippen LogP contribution in [0.1, 0.15) is 104 Å². The molecule has 1 aliphatic heterocycles. The van der Waals surface area contributed by atoms with E-state index in [1.807, 2.05) is 6.92 Å². The van der Waals surface area contributed by atoms with Gasteiger partial charge in [-0.3, -0.25) is 4.79 Å². The summed E-state index contributed by atoms with van der Waals surface area (Å²) < 4.78 is 5.55. The third-order valence-electron chi connectivity index (χ3n) is 5.54. The summed E-state index contributed by atoms with van der Waals surface area (Å²) in [5.74, 6) is 0.179. The van der Waals surface area contributed by atoms with E-state index in [1.165, 1.54) is 44.9 Å². The van der Waals surface area contributed by atoms with Gasteiger partial charge in [0.2, 0.25) is 5.91 Å². The Morgan fingerprint density at radius 3 is 2.17 bits per heavy atom. The Labute approximate surface area is 178 Å². The minimum Gasteiger partial charge on any atom is -0.379 e. The molecule has 1 heterocycles. The van der Waals surface area contributed by atoms with Crippen LogP contribution in [0.4, 0.5) is 4.79 Å². The van der Waals surface area contributed by atoms with Gasteiger partial charge < -0.3 is 20.7 Å². The van der Waals surface area contributed by atoms with Crippen LogP contribution in [-0.4, -0.2) is 43.3 Å². The van der Waals surface area contributed by atoms with Crippen LogP contribution in [0.2, 0.25) is 0 Å². The second-order valence-corrected chi connectivity index (χ2v) is 8.71. The van der Waals surface area contributed by atoms with E-state index in [1.54, 1.807) is 0 Å². The van der Waals surface area contributed by atoms with E-state index in [4.69, 9.17) is 4.74 Å². The van der Waals surface area contributed by atoms with Crippen LogP contribution in [0.25, 0.3) is 0 Å². The van der Waals surface area contributed by atoms with Crippen LogP contribution < -0.4 is 16.0 Å². The highest BCUT2D eigenvalue weighted by atomic mass is 16.5. The molecule has 0 aromatic rings. The number of carbonyl (C=O) groups excluding carboxylic acids is 2. The number of unbranched alkanes of at least 4 members (excludes halogenated alkanes) is 9. The first-order valence-corrected chi connectivity index (χ1v) is 11.9. The van der Waals surface area contributed by atoms with Gasteiger partial charge in [-0.15, -0.1) is 0 Å². The Bertz CT molecular complexity index is 443. The van der Waals surface area contributed by atoms with Crippen LogP contribution in [0.5, 0.6) is 0 Å². The van der Waals surface area contributed by atoms with Crippen molar-refractivity contribution in [1.82, 2.24) is 16.0 Å². The molecule has 3 amide bonds. The number of carbonyl (C=O) groups is 2. The number of ether oxygens (including phenoxy) is 1. The van der Waals surface area contributed by atoms with Crippen LogP contribution in [0, 0.1) is 0 Å². The fourth-order valence-corrected chi connectivity index (χ4v) is 3.71. The molecule has 6 nitrogen and oxygen atoms in total. The van der Waals surface area contributed by atoms with Crippen LogP contribution in [0.15, 0.2) is 0 Å². The van der Waals surface area contributed by atoms with Crippen LogP contribution >= 0.6 is 0 Å². The monoisotopic (exact) mass is 411 g/mol. The van der Waals surface area contributed by atoms with Gasteiger partial charge >= 0.3 is 6.03 Å². The van der Waals surface area contributed by atoms with Crippen molar-refractivity contribution in [3.8, 4) is 0 Å². The topological polar surface area (TPSA) is 79.5 Å². The number of amides is 3. The molecule has 1 aliphatic rings. The molecule has 1 saturated heterocycles. The molecule has 0 spiro atoms. The Morgan fingerprint density at radius 2 is 1.55 bits per heavy atom. The predicted octanol–water partition coefficient (Wildman–Crippen LogP) is 4.67. The Morgan fingerprint density at radius 1 is 0.931 bits per heavy atom. The van der Waals surface area contributed by atoms with Crippen LogP contribution in [-0.2, 0) is 9.53 Å². The van der Waals surface area contributed by atoms with E-state index in [-0.39, 0.29) is 24.0 Å². The third-order valence-corrected chi connectivity index (χ3v) is 5.54. The van der Waals surface area contributed by atoms with Crippen molar-refractivity contribution in [3.63, 3.8) is 0 Å². The van der Waals surface area contributed by atoms with Crippen LogP contribution in [0.3, 0.4) is 0 Å². The highest BCUT2D eigenvalue weighted by molar-refractivity contribution is 5.77. The van der Waals surface area contributed by atoms with E-state index in [2.05, 4.69) is 29.8 Å². The summed E-state index contributed by atoms with van der Waals surface area (Å²) >= 11 is 0. The molecule has 0 bridgehead atoms. The fraction of sp³-hybridized carbons (Fsp3) is 0.913. The number of urea groups is 1. The zero-order valence-electron chi connectivity index (χ0n) is 19.1. The summed E-state index contributed by atoms with van der Waals surface area (Å²) in [7, 11) is 0. The maximum absolute atomic E-state index is 11.9. The van der Waals surface area contributed by atoms with Gasteiger partial charge in [-0.25, -0.2) is 4.79 Å². The Hall–Kier alpha value is -1.30. The first kappa shape index (κ1) is 25.7. The third kappa shape index (κ3) is 14.3. The van der Waals surface area contributed by atoms with Gasteiger partial charge in [-0.1, -0.05) is 51.4 Å². The first-order valence-electron chi connectivity index (χ1n) is 11.9. The quantitative estimate of drug-likeness (QED) is 0.287. The van der Waals surface area contributed by atoms with Gasteiger partial charge in [0, 0.05) is 25.6 Å². The SMILES string of the molecule is CC(C)OCCCCCCCCCCNC(=O)CCCCCC1NC(=O)NC1C. The van der Waals surface area contributed by atoms with Gasteiger partial charge in [0.1, 0.15) is 0 Å². The lowest BCUT2D eigenvalue weighted by molar-refractivity contribution is -0.121. The van der Waals surface area contributed by atoms with Gasteiger partial charge in [-0.05, 0) is 46.5 Å². The maximum atomic E-state index is 11.9. The zero-order valence-corrected chi connectivity index (χ0v) is 19.1. The minimum absolute atomic E-state index is 0.0610. The number of hydrogen-bond acceptors (Lipinski definition) is 3. The Balaban J connectivity index is 1.79. The molecule has 3 N–H and O–H groups in total. The second-order valence-electron chi connectivity index (χ2n) is 8.71. The van der Waals surface area contributed by atoms with Crippen molar-refractivity contribution in [1.29, 1.82) is 0 Å². The number of rotatable bonds is 18. The fourth-order valence-electron chi connectivity index (χ4n) is 3.71. The first-order chi connectivity index (χ1) is 14.0. The lowest BCUT2D eigenvalue weighted by Gasteiger charge is -2.13. The van der Waals surface area contributed by atoms with E-state index < -0.39 is 0 Å². The average Bonchev–Trinajstić information content (AvgIpc) is 2.99. The molecule has 0 saturated carbocycles. The number of nitrogens with one attached hydrogen (secondary N) is 3. The smallest absolute Gasteiger partial charge is 0.315 e. The summed E-state index contributed by atoms with van der Waals surface area (Å²) in [6.45, 7) is 7.90. The molecule has 170 valence electrons. The summed E-state index contributed by atoms with van der Waals surface area (Å²) in [5, 5.41) is 8.84. The minimum atomic E-state index is -0.0610. The van der Waals surface area contributed by atoms with Gasteiger partial charge in [-0.2, -0.15) is 0 Å². The summed E-state index contributed by atoms with van der Waals surface area (Å²) in [4.78, 5) is 23.1. The number of hydrogen-bond donors (Lipinski definition) is 3.